The van der Waals surface area contributed by atoms with Gasteiger partial charge in [-0.2, -0.15) is 5.10 Å². The monoisotopic (exact) mass is 335 g/mol. The summed E-state index contributed by atoms with van der Waals surface area (Å²) in [5, 5.41) is 7.17. The lowest BCUT2D eigenvalue weighted by Gasteiger charge is -2.07. The van der Waals surface area contributed by atoms with Crippen molar-refractivity contribution >= 4 is 5.91 Å². The van der Waals surface area contributed by atoms with Crippen molar-refractivity contribution in [2.45, 2.75) is 12.8 Å². The Bertz CT molecular complexity index is 811. The summed E-state index contributed by atoms with van der Waals surface area (Å²) in [6, 6.07) is 17.6. The number of ether oxygens (including phenoxy) is 1. The third-order valence-corrected chi connectivity index (χ3v) is 3.94. The fourth-order valence-corrected chi connectivity index (χ4v) is 2.61. The van der Waals surface area contributed by atoms with Gasteiger partial charge in [-0.05, 0) is 47.9 Å². The van der Waals surface area contributed by atoms with Gasteiger partial charge in [0.25, 0.3) is 0 Å². The molecule has 0 bridgehead atoms. The van der Waals surface area contributed by atoms with Crippen molar-refractivity contribution in [2.24, 2.45) is 0 Å². The van der Waals surface area contributed by atoms with Crippen LogP contribution < -0.4 is 10.1 Å². The molecule has 0 atom stereocenters. The van der Waals surface area contributed by atoms with Gasteiger partial charge in [-0.3, -0.25) is 4.79 Å². The smallest absolute Gasteiger partial charge is 0.224 e. The van der Waals surface area contributed by atoms with Gasteiger partial charge in [-0.25, -0.2) is 4.68 Å². The molecule has 0 aliphatic rings. The number of aromatic nitrogens is 2. The molecular formula is C20H21N3O2. The van der Waals surface area contributed by atoms with Crippen LogP contribution in [0.5, 0.6) is 5.75 Å². The van der Waals surface area contributed by atoms with E-state index in [1.807, 2.05) is 53.3 Å². The number of carbonyl (C=O) groups is 1. The molecule has 1 N–H and O–H groups in total. The molecule has 0 unspecified atom stereocenters. The van der Waals surface area contributed by atoms with E-state index in [4.69, 9.17) is 4.74 Å². The van der Waals surface area contributed by atoms with E-state index in [-0.39, 0.29) is 5.91 Å². The highest BCUT2D eigenvalue weighted by molar-refractivity contribution is 5.78. The van der Waals surface area contributed by atoms with Gasteiger partial charge >= 0.3 is 0 Å². The molecule has 128 valence electrons. The molecule has 3 rings (SSSR count). The predicted molar refractivity (Wildman–Crippen MR) is 97.0 cm³/mol. The highest BCUT2D eigenvalue weighted by Crippen LogP contribution is 2.13. The average Bonchev–Trinajstić information content (AvgIpc) is 3.17. The van der Waals surface area contributed by atoms with Gasteiger partial charge in [-0.15, -0.1) is 0 Å². The van der Waals surface area contributed by atoms with Gasteiger partial charge in [0.15, 0.2) is 0 Å². The molecule has 0 saturated heterocycles. The van der Waals surface area contributed by atoms with Crippen LogP contribution in [-0.4, -0.2) is 29.3 Å². The van der Waals surface area contributed by atoms with Crippen LogP contribution in [0.3, 0.4) is 0 Å². The summed E-state index contributed by atoms with van der Waals surface area (Å²) in [5.41, 5.74) is 3.15. The Morgan fingerprint density at radius 3 is 2.68 bits per heavy atom. The molecular weight excluding hydrogens is 314 g/mol. The zero-order valence-electron chi connectivity index (χ0n) is 14.2. The summed E-state index contributed by atoms with van der Waals surface area (Å²) >= 11 is 0. The fourth-order valence-electron chi connectivity index (χ4n) is 2.61. The Morgan fingerprint density at radius 1 is 1.12 bits per heavy atom. The number of methoxy groups -OCH3 is 1. The number of rotatable bonds is 7. The van der Waals surface area contributed by atoms with Crippen LogP contribution in [0.2, 0.25) is 0 Å². The van der Waals surface area contributed by atoms with Crippen LogP contribution in [0.15, 0.2) is 67.0 Å². The number of hydrogen-bond donors (Lipinski definition) is 1. The lowest BCUT2D eigenvalue weighted by atomic mass is 10.1. The number of hydrogen-bond acceptors (Lipinski definition) is 3. The molecule has 5 heteroatoms. The van der Waals surface area contributed by atoms with Crippen molar-refractivity contribution in [1.29, 1.82) is 0 Å². The van der Waals surface area contributed by atoms with Crippen LogP contribution in [0.4, 0.5) is 0 Å². The van der Waals surface area contributed by atoms with Gasteiger partial charge in [0, 0.05) is 18.9 Å². The molecule has 1 amide bonds. The van der Waals surface area contributed by atoms with Crippen LogP contribution in [0.1, 0.15) is 11.1 Å². The third-order valence-electron chi connectivity index (χ3n) is 3.94. The van der Waals surface area contributed by atoms with Gasteiger partial charge in [0.2, 0.25) is 5.91 Å². The van der Waals surface area contributed by atoms with Crippen LogP contribution in [-0.2, 0) is 17.6 Å². The van der Waals surface area contributed by atoms with Crippen LogP contribution in [0, 0.1) is 0 Å². The molecule has 0 spiro atoms. The van der Waals surface area contributed by atoms with Crippen molar-refractivity contribution in [2.75, 3.05) is 13.7 Å². The number of carbonyl (C=O) groups excluding carboxylic acids is 1. The van der Waals surface area contributed by atoms with Gasteiger partial charge in [0.1, 0.15) is 5.75 Å². The summed E-state index contributed by atoms with van der Waals surface area (Å²) in [6.45, 7) is 0.615. The Hall–Kier alpha value is -3.08. The minimum absolute atomic E-state index is 0.0152. The first-order chi connectivity index (χ1) is 12.2. The number of amides is 1. The van der Waals surface area contributed by atoms with E-state index in [1.165, 1.54) is 5.56 Å². The normalized spacial score (nSPS) is 10.4. The zero-order valence-corrected chi connectivity index (χ0v) is 14.2. The quantitative estimate of drug-likeness (QED) is 0.722. The van der Waals surface area contributed by atoms with Crippen molar-refractivity contribution in [1.82, 2.24) is 15.1 Å². The van der Waals surface area contributed by atoms with E-state index >= 15 is 0 Å². The average molecular weight is 335 g/mol. The van der Waals surface area contributed by atoms with Crippen LogP contribution in [0.25, 0.3) is 5.69 Å². The zero-order chi connectivity index (χ0) is 17.5. The molecule has 1 heterocycles. The predicted octanol–water partition coefficient (Wildman–Crippen LogP) is 2.78. The highest BCUT2D eigenvalue weighted by Gasteiger charge is 2.04. The summed E-state index contributed by atoms with van der Waals surface area (Å²) in [5.74, 6) is 0.781. The molecule has 0 aliphatic heterocycles. The summed E-state index contributed by atoms with van der Waals surface area (Å²) < 4.78 is 6.99. The fraction of sp³-hybridized carbons (Fsp3) is 0.200. The number of nitrogens with one attached hydrogen (secondary N) is 1. The molecule has 0 aliphatic carbocycles. The summed E-state index contributed by atoms with van der Waals surface area (Å²) in [4.78, 5) is 12.0. The van der Waals surface area contributed by atoms with Gasteiger partial charge < -0.3 is 10.1 Å². The maximum Gasteiger partial charge on any atom is 0.224 e. The molecule has 0 radical (unpaired) electrons. The first-order valence-electron chi connectivity index (χ1n) is 8.23. The first-order valence-corrected chi connectivity index (χ1v) is 8.23. The first kappa shape index (κ1) is 16.8. The van der Waals surface area contributed by atoms with Crippen molar-refractivity contribution < 1.29 is 9.53 Å². The van der Waals surface area contributed by atoms with Crippen molar-refractivity contribution in [3.05, 3.63) is 78.1 Å². The Labute approximate surface area is 147 Å². The van der Waals surface area contributed by atoms with E-state index in [9.17, 15) is 4.79 Å². The topological polar surface area (TPSA) is 56.1 Å². The van der Waals surface area contributed by atoms with E-state index in [1.54, 1.807) is 13.3 Å². The summed E-state index contributed by atoms with van der Waals surface area (Å²) in [6.07, 6.45) is 4.82. The lowest BCUT2D eigenvalue weighted by Crippen LogP contribution is -2.27. The largest absolute Gasteiger partial charge is 0.497 e. The molecule has 2 aromatic carbocycles. The number of nitrogens with zero attached hydrogens (tertiary/aromatic N) is 2. The van der Waals surface area contributed by atoms with Crippen LogP contribution >= 0.6 is 0 Å². The minimum atomic E-state index is 0.0152. The van der Waals surface area contributed by atoms with E-state index < -0.39 is 0 Å². The maximum atomic E-state index is 12.0. The molecule has 3 aromatic rings. The minimum Gasteiger partial charge on any atom is -0.497 e. The third kappa shape index (κ3) is 4.70. The molecule has 5 nitrogen and oxygen atoms in total. The number of benzene rings is 2. The maximum absolute atomic E-state index is 12.0. The van der Waals surface area contributed by atoms with E-state index in [2.05, 4.69) is 22.5 Å². The Kier molecular flexibility index (Phi) is 5.46. The van der Waals surface area contributed by atoms with Gasteiger partial charge in [-0.1, -0.05) is 24.3 Å². The summed E-state index contributed by atoms with van der Waals surface area (Å²) in [7, 11) is 1.62. The standard InChI is InChI=1S/C20H21N3O2/c1-25-19-5-2-4-17(14-19)15-20(24)21-12-10-16-6-8-18(9-7-16)23-13-3-11-22-23/h2-9,11,13-14H,10,12,15H2,1H3,(H,21,24). The SMILES string of the molecule is COc1cccc(CC(=O)NCCc2ccc(-n3cccn3)cc2)c1. The highest BCUT2D eigenvalue weighted by atomic mass is 16.5. The van der Waals surface area contributed by atoms with Crippen molar-refractivity contribution in [3.8, 4) is 11.4 Å². The molecule has 1 aromatic heterocycles. The van der Waals surface area contributed by atoms with Gasteiger partial charge in [0.05, 0.1) is 19.2 Å². The Morgan fingerprint density at radius 2 is 1.96 bits per heavy atom. The Balaban J connectivity index is 1.46. The molecule has 25 heavy (non-hydrogen) atoms. The van der Waals surface area contributed by atoms with E-state index in [0.29, 0.717) is 13.0 Å². The second-order valence-electron chi connectivity index (χ2n) is 5.75. The van der Waals surface area contributed by atoms with Crippen molar-refractivity contribution in [3.63, 3.8) is 0 Å². The molecule has 0 saturated carbocycles. The second-order valence-corrected chi connectivity index (χ2v) is 5.75. The molecule has 0 fully saturated rings. The van der Waals surface area contributed by atoms with E-state index in [0.717, 1.165) is 23.4 Å². The lowest BCUT2D eigenvalue weighted by molar-refractivity contribution is -0.120. The second kappa shape index (κ2) is 8.15.